The van der Waals surface area contributed by atoms with Gasteiger partial charge in [0.15, 0.2) is 0 Å². The van der Waals surface area contributed by atoms with Crippen LogP contribution in [-0.4, -0.2) is 85.9 Å². The highest BCUT2D eigenvalue weighted by molar-refractivity contribution is 7.90. The van der Waals surface area contributed by atoms with Gasteiger partial charge in [0.2, 0.25) is 10.0 Å². The van der Waals surface area contributed by atoms with Crippen molar-refractivity contribution < 1.29 is 13.5 Å². The van der Waals surface area contributed by atoms with Crippen LogP contribution in [0, 0.1) is 11.8 Å². The van der Waals surface area contributed by atoms with Crippen molar-refractivity contribution in [3.8, 4) is 0 Å². The van der Waals surface area contributed by atoms with E-state index in [1.807, 2.05) is 20.9 Å². The number of hydrogen-bond donors (Lipinski definition) is 5. The maximum absolute atomic E-state index is 13.1. The van der Waals surface area contributed by atoms with Gasteiger partial charge in [-0.2, -0.15) is 0 Å². The second-order valence-electron chi connectivity index (χ2n) is 9.91. The van der Waals surface area contributed by atoms with Gasteiger partial charge in [0.1, 0.15) is 0 Å². The van der Waals surface area contributed by atoms with Gasteiger partial charge in [0, 0.05) is 51.2 Å². The number of sulfonamides is 1. The van der Waals surface area contributed by atoms with Crippen LogP contribution in [0.5, 0.6) is 0 Å². The predicted octanol–water partition coefficient (Wildman–Crippen LogP) is -0.821. The molecule has 0 spiro atoms. The van der Waals surface area contributed by atoms with Crippen LogP contribution in [0.2, 0.25) is 0 Å². The van der Waals surface area contributed by atoms with Gasteiger partial charge in [-0.15, -0.1) is 0 Å². The molecule has 1 aliphatic carbocycles. The lowest BCUT2D eigenvalue weighted by atomic mass is 9.82. The molecule has 0 amide bonds. The molecule has 0 radical (unpaired) electrons. The van der Waals surface area contributed by atoms with Gasteiger partial charge in [-0.05, 0) is 45.4 Å². The van der Waals surface area contributed by atoms with E-state index in [0.717, 1.165) is 38.9 Å². The number of fused-ring (bicyclic) bond motifs is 1. The molecular weight excluding hydrogens is 392 g/mol. The van der Waals surface area contributed by atoms with Crippen molar-refractivity contribution in [2.45, 2.75) is 75.1 Å². The molecule has 3 heterocycles. The SMILES string of the molecule is CN1NCC2CCCC(NS(=O)(=O)C3CCC(N4CC(C(C)(C)O)CN4)NC3)C21. The van der Waals surface area contributed by atoms with Crippen LogP contribution in [0.25, 0.3) is 0 Å². The van der Waals surface area contributed by atoms with E-state index < -0.39 is 20.9 Å². The number of piperidine rings is 1. The summed E-state index contributed by atoms with van der Waals surface area (Å²) < 4.78 is 29.3. The Bertz CT molecular complexity index is 674. The zero-order valence-electron chi connectivity index (χ0n) is 17.9. The molecule has 10 heteroatoms. The number of rotatable bonds is 5. The normalized spacial score (nSPS) is 40.3. The number of hydrogen-bond acceptors (Lipinski definition) is 8. The Kier molecular flexibility index (Phi) is 6.27. The summed E-state index contributed by atoms with van der Waals surface area (Å²) >= 11 is 0. The van der Waals surface area contributed by atoms with Crippen molar-refractivity contribution in [2.75, 3.05) is 33.2 Å². The van der Waals surface area contributed by atoms with Crippen molar-refractivity contribution in [3.05, 3.63) is 0 Å². The summed E-state index contributed by atoms with van der Waals surface area (Å²) in [5.74, 6) is 0.698. The molecule has 4 rings (SSSR count). The Morgan fingerprint density at radius 1 is 1.07 bits per heavy atom. The largest absolute Gasteiger partial charge is 0.390 e. The number of nitrogens with zero attached hydrogens (tertiary/aromatic N) is 2. The molecule has 6 unspecified atom stereocenters. The van der Waals surface area contributed by atoms with E-state index in [9.17, 15) is 13.5 Å². The Hall–Kier alpha value is -0.330. The molecular formula is C19H38N6O3S. The zero-order valence-corrected chi connectivity index (χ0v) is 18.7. The van der Waals surface area contributed by atoms with Crippen LogP contribution >= 0.6 is 0 Å². The lowest BCUT2D eigenvalue weighted by Gasteiger charge is -2.39. The Labute approximate surface area is 174 Å². The van der Waals surface area contributed by atoms with Gasteiger partial charge in [-0.25, -0.2) is 23.2 Å². The third kappa shape index (κ3) is 4.64. The third-order valence-corrected chi connectivity index (χ3v) is 9.38. The Balaban J connectivity index is 1.31. The van der Waals surface area contributed by atoms with Crippen LogP contribution in [0.4, 0.5) is 0 Å². The molecule has 0 bridgehead atoms. The molecule has 4 aliphatic rings. The number of nitrogens with one attached hydrogen (secondary N) is 4. The standard InChI is InChI=1S/C19H38N6O3S/c1-19(2,26)14-10-22-25(12-14)17-8-7-15(11-20-17)29(27,28)23-16-6-4-5-13-9-21-24(3)18(13)16/h13-18,20-23,26H,4-12H2,1-3H3. The molecule has 3 aliphatic heterocycles. The molecule has 9 nitrogen and oxygen atoms in total. The highest BCUT2D eigenvalue weighted by Crippen LogP contribution is 2.32. The fourth-order valence-corrected chi connectivity index (χ4v) is 7.17. The predicted molar refractivity (Wildman–Crippen MR) is 112 cm³/mol. The monoisotopic (exact) mass is 430 g/mol. The van der Waals surface area contributed by atoms with Crippen molar-refractivity contribution in [1.29, 1.82) is 0 Å². The molecule has 5 N–H and O–H groups in total. The van der Waals surface area contributed by atoms with E-state index in [4.69, 9.17) is 0 Å². The molecule has 4 fully saturated rings. The topological polar surface area (TPSA) is 109 Å². The van der Waals surface area contributed by atoms with Crippen LogP contribution in [-0.2, 0) is 10.0 Å². The van der Waals surface area contributed by atoms with E-state index in [2.05, 4.69) is 30.9 Å². The van der Waals surface area contributed by atoms with Gasteiger partial charge >= 0.3 is 0 Å². The van der Waals surface area contributed by atoms with Crippen molar-refractivity contribution in [3.63, 3.8) is 0 Å². The molecule has 0 aromatic heterocycles. The zero-order chi connectivity index (χ0) is 20.8. The van der Waals surface area contributed by atoms with Crippen molar-refractivity contribution >= 4 is 10.0 Å². The Morgan fingerprint density at radius 2 is 1.86 bits per heavy atom. The molecule has 6 atom stereocenters. The molecule has 0 aromatic rings. The first-order chi connectivity index (χ1) is 13.6. The van der Waals surface area contributed by atoms with Crippen LogP contribution < -0.4 is 20.9 Å². The second-order valence-corrected chi connectivity index (χ2v) is 11.9. The Morgan fingerprint density at radius 3 is 2.52 bits per heavy atom. The van der Waals surface area contributed by atoms with Gasteiger partial charge in [-0.1, -0.05) is 6.42 Å². The van der Waals surface area contributed by atoms with Gasteiger partial charge in [-0.3, -0.25) is 16.2 Å². The summed E-state index contributed by atoms with van der Waals surface area (Å²) in [5.41, 5.74) is 6.01. The first-order valence-electron chi connectivity index (χ1n) is 11.1. The minimum absolute atomic E-state index is 0.00994. The molecule has 3 saturated heterocycles. The summed E-state index contributed by atoms with van der Waals surface area (Å²) in [4.78, 5) is 0. The fourth-order valence-electron chi connectivity index (χ4n) is 5.53. The lowest BCUT2D eigenvalue weighted by Crippen LogP contribution is -2.59. The van der Waals surface area contributed by atoms with Crippen molar-refractivity contribution in [2.24, 2.45) is 11.8 Å². The van der Waals surface area contributed by atoms with E-state index in [-0.39, 0.29) is 24.2 Å². The molecule has 168 valence electrons. The quantitative estimate of drug-likeness (QED) is 0.385. The smallest absolute Gasteiger partial charge is 0.216 e. The van der Waals surface area contributed by atoms with Gasteiger partial charge in [0.25, 0.3) is 0 Å². The highest BCUT2D eigenvalue weighted by Gasteiger charge is 2.44. The number of aliphatic hydroxyl groups is 1. The number of hydrazine groups is 2. The van der Waals surface area contributed by atoms with E-state index >= 15 is 0 Å². The first kappa shape index (κ1) is 21.9. The maximum Gasteiger partial charge on any atom is 0.216 e. The van der Waals surface area contributed by atoms with Crippen LogP contribution in [0.1, 0.15) is 46.0 Å². The summed E-state index contributed by atoms with van der Waals surface area (Å²) in [6, 6.07) is 0.236. The van der Waals surface area contributed by atoms with Crippen LogP contribution in [0.3, 0.4) is 0 Å². The summed E-state index contributed by atoms with van der Waals surface area (Å²) in [6.07, 6.45) is 4.69. The van der Waals surface area contributed by atoms with E-state index in [0.29, 0.717) is 18.9 Å². The minimum atomic E-state index is -3.37. The lowest BCUT2D eigenvalue weighted by molar-refractivity contribution is 0.0206. The molecule has 1 saturated carbocycles. The highest BCUT2D eigenvalue weighted by atomic mass is 32.2. The number of likely N-dealkylation sites (N-methyl/N-ethyl adjacent to an activating group) is 1. The van der Waals surface area contributed by atoms with Crippen molar-refractivity contribution in [1.82, 2.24) is 30.9 Å². The van der Waals surface area contributed by atoms with E-state index in [1.165, 1.54) is 6.42 Å². The summed E-state index contributed by atoms with van der Waals surface area (Å²) in [6.45, 7) is 6.61. The van der Waals surface area contributed by atoms with Crippen LogP contribution in [0.15, 0.2) is 0 Å². The summed E-state index contributed by atoms with van der Waals surface area (Å²) in [7, 11) is -1.35. The minimum Gasteiger partial charge on any atom is -0.390 e. The third-order valence-electron chi connectivity index (χ3n) is 7.47. The first-order valence-corrected chi connectivity index (χ1v) is 12.6. The maximum atomic E-state index is 13.1. The molecule has 0 aromatic carbocycles. The summed E-state index contributed by atoms with van der Waals surface area (Å²) in [5, 5.41) is 17.5. The second kappa shape index (κ2) is 8.31. The fraction of sp³-hybridized carbons (Fsp3) is 1.00. The molecule has 29 heavy (non-hydrogen) atoms. The van der Waals surface area contributed by atoms with Gasteiger partial charge in [0.05, 0.1) is 17.0 Å². The average Bonchev–Trinajstić information content (AvgIpc) is 3.30. The average molecular weight is 431 g/mol. The van der Waals surface area contributed by atoms with E-state index in [1.54, 1.807) is 0 Å². The van der Waals surface area contributed by atoms with Gasteiger partial charge < -0.3 is 5.11 Å².